The van der Waals surface area contributed by atoms with Gasteiger partial charge in [-0.25, -0.2) is 4.79 Å². The van der Waals surface area contributed by atoms with Crippen LogP contribution in [0.3, 0.4) is 0 Å². The summed E-state index contributed by atoms with van der Waals surface area (Å²) in [5, 5.41) is 14.8. The molecule has 1 amide bonds. The highest BCUT2D eigenvalue weighted by atomic mass is 16.5. The molecule has 4 aromatic rings. The van der Waals surface area contributed by atoms with Crippen molar-refractivity contribution in [1.29, 1.82) is 5.26 Å². The Morgan fingerprint density at radius 1 is 1.06 bits per heavy atom. The summed E-state index contributed by atoms with van der Waals surface area (Å²) in [6.45, 7) is 1.81. The molecule has 3 atom stereocenters. The average molecular weight is 462 g/mol. The van der Waals surface area contributed by atoms with Crippen LogP contribution in [0, 0.1) is 11.3 Å². The maximum Gasteiger partial charge on any atom is 0.332 e. The fraction of sp³-hybridized carbons (Fsp3) is 0.207. The lowest BCUT2D eigenvalue weighted by molar-refractivity contribution is -0.154. The molecule has 2 heterocycles. The summed E-state index contributed by atoms with van der Waals surface area (Å²) < 4.78 is 5.63. The minimum absolute atomic E-state index is 0.0926. The number of carbonyl (C=O) groups is 2. The lowest BCUT2D eigenvalue weighted by Crippen LogP contribution is -2.63. The molecule has 1 aliphatic heterocycles. The fourth-order valence-electron chi connectivity index (χ4n) is 6.34. The van der Waals surface area contributed by atoms with Crippen LogP contribution in [0.25, 0.3) is 10.9 Å². The van der Waals surface area contributed by atoms with E-state index in [1.54, 1.807) is 6.92 Å². The Bertz CT molecular complexity index is 1530. The van der Waals surface area contributed by atoms with Crippen molar-refractivity contribution in [2.45, 2.75) is 30.1 Å². The predicted octanol–water partition coefficient (Wildman–Crippen LogP) is 4.72. The SMILES string of the molecule is CCOC(=O)[C@@]1(C#N)c2c([nH]c3ccccc23)C[C@H](c2ccccc2)C12C(=O)Nc1ccccc12. The van der Waals surface area contributed by atoms with Crippen LogP contribution in [-0.4, -0.2) is 23.5 Å². The number of H-pyrrole nitrogens is 1. The Balaban J connectivity index is 1.82. The van der Waals surface area contributed by atoms with Crippen LogP contribution in [0.2, 0.25) is 0 Å². The number of anilines is 1. The Labute approximate surface area is 202 Å². The van der Waals surface area contributed by atoms with E-state index in [0.29, 0.717) is 23.2 Å². The Hall–Kier alpha value is -4.37. The number of nitrogens with zero attached hydrogens (tertiary/aromatic N) is 1. The molecule has 35 heavy (non-hydrogen) atoms. The van der Waals surface area contributed by atoms with Crippen molar-refractivity contribution in [3.05, 3.63) is 101 Å². The van der Waals surface area contributed by atoms with E-state index in [4.69, 9.17) is 4.74 Å². The van der Waals surface area contributed by atoms with Crippen LogP contribution in [0.4, 0.5) is 5.69 Å². The molecule has 172 valence electrons. The number of amides is 1. The maximum atomic E-state index is 14.3. The number of rotatable bonds is 3. The van der Waals surface area contributed by atoms with Gasteiger partial charge in [-0.05, 0) is 36.6 Å². The zero-order valence-corrected chi connectivity index (χ0v) is 19.2. The van der Waals surface area contributed by atoms with E-state index < -0.39 is 22.7 Å². The van der Waals surface area contributed by atoms with Crippen molar-refractivity contribution in [2.75, 3.05) is 11.9 Å². The highest BCUT2D eigenvalue weighted by Gasteiger charge is 2.73. The first-order chi connectivity index (χ1) is 17.1. The highest BCUT2D eigenvalue weighted by Crippen LogP contribution is 2.63. The Morgan fingerprint density at radius 3 is 2.54 bits per heavy atom. The normalized spacial score (nSPS) is 24.5. The second kappa shape index (κ2) is 7.57. The minimum Gasteiger partial charge on any atom is -0.465 e. The molecule has 3 aromatic carbocycles. The van der Waals surface area contributed by atoms with Crippen LogP contribution in [-0.2, 0) is 31.6 Å². The summed E-state index contributed by atoms with van der Waals surface area (Å²) in [5.74, 6) is -1.56. The van der Waals surface area contributed by atoms with Crippen molar-refractivity contribution in [3.8, 4) is 6.07 Å². The molecule has 6 rings (SSSR count). The first-order valence-electron chi connectivity index (χ1n) is 11.7. The molecular weight excluding hydrogens is 438 g/mol. The van der Waals surface area contributed by atoms with Crippen molar-refractivity contribution in [3.63, 3.8) is 0 Å². The second-order valence-corrected chi connectivity index (χ2v) is 9.08. The monoisotopic (exact) mass is 461 g/mol. The number of hydrogen-bond acceptors (Lipinski definition) is 4. The molecule has 0 bridgehead atoms. The lowest BCUT2D eigenvalue weighted by atomic mass is 9.47. The molecule has 1 unspecified atom stereocenters. The number of nitriles is 1. The fourth-order valence-corrected chi connectivity index (χ4v) is 6.34. The van der Waals surface area contributed by atoms with E-state index in [-0.39, 0.29) is 12.5 Å². The number of hydrogen-bond donors (Lipinski definition) is 2. The molecule has 6 heteroatoms. The number of fused-ring (bicyclic) bond motifs is 5. The molecule has 0 saturated heterocycles. The van der Waals surface area contributed by atoms with Gasteiger partial charge in [-0.1, -0.05) is 66.7 Å². The summed E-state index contributed by atoms with van der Waals surface area (Å²) in [6.07, 6.45) is 0.457. The average Bonchev–Trinajstić information content (AvgIpc) is 3.41. The first-order valence-corrected chi connectivity index (χ1v) is 11.7. The lowest BCUT2D eigenvalue weighted by Gasteiger charge is -2.49. The smallest absolute Gasteiger partial charge is 0.332 e. The van der Waals surface area contributed by atoms with Crippen LogP contribution in [0.5, 0.6) is 0 Å². The van der Waals surface area contributed by atoms with E-state index in [2.05, 4.69) is 16.4 Å². The maximum absolute atomic E-state index is 14.3. The molecule has 1 aliphatic carbocycles. The summed E-state index contributed by atoms with van der Waals surface area (Å²) in [4.78, 5) is 31.8. The van der Waals surface area contributed by atoms with Gasteiger partial charge in [0, 0.05) is 33.8 Å². The number of aromatic amines is 1. The van der Waals surface area contributed by atoms with Crippen LogP contribution < -0.4 is 5.32 Å². The van der Waals surface area contributed by atoms with E-state index >= 15 is 0 Å². The number of carbonyl (C=O) groups excluding carboxylic acids is 2. The number of esters is 1. The van der Waals surface area contributed by atoms with Gasteiger partial charge in [-0.2, -0.15) is 5.26 Å². The van der Waals surface area contributed by atoms with Gasteiger partial charge in [-0.15, -0.1) is 0 Å². The number of para-hydroxylation sites is 2. The van der Waals surface area contributed by atoms with Crippen LogP contribution in [0.1, 0.15) is 35.2 Å². The van der Waals surface area contributed by atoms with Gasteiger partial charge in [0.05, 0.1) is 12.7 Å². The van der Waals surface area contributed by atoms with Crippen molar-refractivity contribution < 1.29 is 14.3 Å². The van der Waals surface area contributed by atoms with Gasteiger partial charge in [0.2, 0.25) is 11.3 Å². The summed E-state index contributed by atoms with van der Waals surface area (Å²) in [6, 6.07) is 27.0. The van der Waals surface area contributed by atoms with E-state index in [1.165, 1.54) is 0 Å². The molecule has 2 aliphatic rings. The van der Waals surface area contributed by atoms with Crippen molar-refractivity contribution in [1.82, 2.24) is 4.98 Å². The third-order valence-electron chi connectivity index (χ3n) is 7.59. The van der Waals surface area contributed by atoms with Crippen molar-refractivity contribution >= 4 is 28.5 Å². The largest absolute Gasteiger partial charge is 0.465 e. The van der Waals surface area contributed by atoms with Crippen LogP contribution in [0.15, 0.2) is 78.9 Å². The zero-order chi connectivity index (χ0) is 24.2. The summed E-state index contributed by atoms with van der Waals surface area (Å²) >= 11 is 0. The van der Waals surface area contributed by atoms with Crippen LogP contribution >= 0.6 is 0 Å². The molecule has 0 fully saturated rings. The predicted molar refractivity (Wildman–Crippen MR) is 132 cm³/mol. The summed E-state index contributed by atoms with van der Waals surface area (Å²) in [7, 11) is 0. The van der Waals surface area contributed by atoms with Gasteiger partial charge in [0.1, 0.15) is 5.41 Å². The molecule has 6 nitrogen and oxygen atoms in total. The Kier molecular flexibility index (Phi) is 4.58. The van der Waals surface area contributed by atoms with Gasteiger partial charge >= 0.3 is 5.97 Å². The molecule has 0 radical (unpaired) electrons. The number of benzene rings is 3. The molecule has 0 saturated carbocycles. The molecule has 2 N–H and O–H groups in total. The van der Waals surface area contributed by atoms with E-state index in [0.717, 1.165) is 22.2 Å². The topological polar surface area (TPSA) is 95.0 Å². The zero-order valence-electron chi connectivity index (χ0n) is 19.2. The highest BCUT2D eigenvalue weighted by molar-refractivity contribution is 6.15. The standard InChI is InChI=1S/C29H23N3O3/c1-2-35-27(34)28(17-30)25-19-12-6-8-14-22(19)31-24(25)16-21(18-10-4-3-5-11-18)29(28)20-13-7-9-15-23(20)32-26(29)33/h3-15,21,31H,2,16H2,1H3,(H,32,33)/t21-,28-,29?/m1/s1. The van der Waals surface area contributed by atoms with Gasteiger partial charge in [0.25, 0.3) is 0 Å². The molecular formula is C29H23N3O3. The van der Waals surface area contributed by atoms with E-state index in [9.17, 15) is 14.9 Å². The third-order valence-corrected chi connectivity index (χ3v) is 7.59. The van der Waals surface area contributed by atoms with Gasteiger partial charge in [0.15, 0.2) is 0 Å². The number of aromatic nitrogens is 1. The minimum atomic E-state index is -1.91. The van der Waals surface area contributed by atoms with E-state index in [1.807, 2.05) is 78.9 Å². The van der Waals surface area contributed by atoms with Crippen molar-refractivity contribution in [2.24, 2.45) is 0 Å². The Morgan fingerprint density at radius 2 is 1.77 bits per heavy atom. The molecule has 1 aromatic heterocycles. The quantitative estimate of drug-likeness (QED) is 0.432. The first kappa shape index (κ1) is 21.2. The molecule has 1 spiro atoms. The number of ether oxygens (including phenoxy) is 1. The third kappa shape index (κ3) is 2.53. The summed E-state index contributed by atoms with van der Waals surface area (Å²) in [5.41, 5.74) is 0.835. The van der Waals surface area contributed by atoms with Gasteiger partial charge < -0.3 is 15.0 Å². The second-order valence-electron chi connectivity index (χ2n) is 9.08. The number of nitrogens with one attached hydrogen (secondary N) is 2. The van der Waals surface area contributed by atoms with Gasteiger partial charge in [-0.3, -0.25) is 4.79 Å².